The minimum atomic E-state index is 0.326. The van der Waals surface area contributed by atoms with Gasteiger partial charge in [-0.3, -0.25) is 4.68 Å². The second-order valence-electron chi connectivity index (χ2n) is 1.84. The highest BCUT2D eigenvalue weighted by Crippen LogP contribution is 2.02. The van der Waals surface area contributed by atoms with Crippen LogP contribution in [0.25, 0.3) is 0 Å². The van der Waals surface area contributed by atoms with Gasteiger partial charge in [-0.25, -0.2) is 0 Å². The number of aromatic nitrogens is 2. The first-order valence-electron chi connectivity index (χ1n) is 2.81. The third-order valence-corrected chi connectivity index (χ3v) is 1.72. The maximum atomic E-state index is 8.28. The zero-order valence-electron chi connectivity index (χ0n) is 5.29. The SMILES string of the molecule is N#CCn1cc(CBr)cn1. The molecule has 0 aliphatic rings. The van der Waals surface area contributed by atoms with Gasteiger partial charge in [-0.2, -0.15) is 10.4 Å². The van der Waals surface area contributed by atoms with Crippen molar-refractivity contribution in [1.82, 2.24) is 9.78 Å². The van der Waals surface area contributed by atoms with E-state index in [1.807, 2.05) is 12.3 Å². The van der Waals surface area contributed by atoms with Crippen molar-refractivity contribution < 1.29 is 0 Å². The van der Waals surface area contributed by atoms with Crippen molar-refractivity contribution in [2.75, 3.05) is 0 Å². The first kappa shape index (κ1) is 7.29. The topological polar surface area (TPSA) is 41.6 Å². The molecule has 0 saturated carbocycles. The molecule has 0 spiro atoms. The smallest absolute Gasteiger partial charge is 0.128 e. The Labute approximate surface area is 67.4 Å². The van der Waals surface area contributed by atoms with Crippen LogP contribution < -0.4 is 0 Å². The van der Waals surface area contributed by atoms with Gasteiger partial charge < -0.3 is 0 Å². The Balaban J connectivity index is 2.70. The molecule has 0 aliphatic heterocycles. The predicted octanol–water partition coefficient (Wildman–Crippen LogP) is 1.30. The summed E-state index contributed by atoms with van der Waals surface area (Å²) in [6.07, 6.45) is 3.59. The minimum Gasteiger partial charge on any atom is -0.258 e. The van der Waals surface area contributed by atoms with Crippen molar-refractivity contribution in [3.05, 3.63) is 18.0 Å². The molecule has 10 heavy (non-hydrogen) atoms. The first-order valence-corrected chi connectivity index (χ1v) is 3.93. The highest BCUT2D eigenvalue weighted by atomic mass is 79.9. The average molecular weight is 200 g/mol. The van der Waals surface area contributed by atoms with Gasteiger partial charge in [-0.1, -0.05) is 15.9 Å². The van der Waals surface area contributed by atoms with E-state index in [9.17, 15) is 0 Å². The summed E-state index contributed by atoms with van der Waals surface area (Å²) in [4.78, 5) is 0. The van der Waals surface area contributed by atoms with Crippen molar-refractivity contribution in [2.24, 2.45) is 0 Å². The summed E-state index contributed by atoms with van der Waals surface area (Å²) in [5.74, 6) is 0. The molecule has 4 heteroatoms. The van der Waals surface area contributed by atoms with Crippen LogP contribution >= 0.6 is 15.9 Å². The Morgan fingerprint density at radius 2 is 2.60 bits per heavy atom. The van der Waals surface area contributed by atoms with Gasteiger partial charge in [-0.15, -0.1) is 0 Å². The molecule has 0 saturated heterocycles. The molecule has 0 amide bonds. The number of hydrogen-bond acceptors (Lipinski definition) is 2. The van der Waals surface area contributed by atoms with E-state index in [1.165, 1.54) is 0 Å². The Morgan fingerprint density at radius 3 is 3.10 bits per heavy atom. The van der Waals surface area contributed by atoms with Gasteiger partial charge in [0.2, 0.25) is 0 Å². The molecule has 0 radical (unpaired) electrons. The van der Waals surface area contributed by atoms with E-state index in [0.29, 0.717) is 6.54 Å². The fraction of sp³-hybridized carbons (Fsp3) is 0.333. The number of rotatable bonds is 2. The van der Waals surface area contributed by atoms with Gasteiger partial charge in [0.15, 0.2) is 0 Å². The van der Waals surface area contributed by atoms with E-state index in [1.54, 1.807) is 10.9 Å². The fourth-order valence-corrected chi connectivity index (χ4v) is 0.924. The monoisotopic (exact) mass is 199 g/mol. The van der Waals surface area contributed by atoms with Gasteiger partial charge in [0.25, 0.3) is 0 Å². The maximum Gasteiger partial charge on any atom is 0.128 e. The third-order valence-electron chi connectivity index (χ3n) is 1.07. The molecule has 0 atom stereocenters. The molecule has 0 N–H and O–H groups in total. The largest absolute Gasteiger partial charge is 0.258 e. The summed E-state index contributed by atoms with van der Waals surface area (Å²) in [7, 11) is 0. The number of hydrogen-bond donors (Lipinski definition) is 0. The van der Waals surface area contributed by atoms with E-state index in [2.05, 4.69) is 21.0 Å². The standard InChI is InChI=1S/C6H6BrN3/c7-3-6-4-9-10(5-6)2-1-8/h4-5H,2-3H2. The van der Waals surface area contributed by atoms with E-state index in [-0.39, 0.29) is 0 Å². The van der Waals surface area contributed by atoms with Crippen molar-refractivity contribution >= 4 is 15.9 Å². The molecule has 3 nitrogen and oxygen atoms in total. The Morgan fingerprint density at radius 1 is 1.80 bits per heavy atom. The zero-order valence-corrected chi connectivity index (χ0v) is 6.87. The summed E-state index contributed by atoms with van der Waals surface area (Å²) in [5, 5.41) is 13.0. The van der Waals surface area contributed by atoms with Crippen LogP contribution in [0.1, 0.15) is 5.56 Å². The molecule has 0 aliphatic carbocycles. The normalized spacial score (nSPS) is 9.20. The van der Waals surface area contributed by atoms with Crippen molar-refractivity contribution in [2.45, 2.75) is 11.9 Å². The molecule has 0 fully saturated rings. The molecular weight excluding hydrogens is 194 g/mol. The predicted molar refractivity (Wildman–Crippen MR) is 40.5 cm³/mol. The van der Waals surface area contributed by atoms with Gasteiger partial charge in [-0.05, 0) is 0 Å². The average Bonchev–Trinajstić information content (AvgIpc) is 2.37. The van der Waals surface area contributed by atoms with Crippen LogP contribution in [0, 0.1) is 11.3 Å². The van der Waals surface area contributed by atoms with Crippen LogP contribution in [0.2, 0.25) is 0 Å². The van der Waals surface area contributed by atoms with E-state index >= 15 is 0 Å². The number of nitriles is 1. The zero-order chi connectivity index (χ0) is 7.40. The van der Waals surface area contributed by atoms with Gasteiger partial charge in [0.05, 0.1) is 12.3 Å². The lowest BCUT2D eigenvalue weighted by molar-refractivity contribution is 0.709. The van der Waals surface area contributed by atoms with Crippen LogP contribution in [0.15, 0.2) is 12.4 Å². The highest BCUT2D eigenvalue weighted by Gasteiger charge is 1.93. The van der Waals surface area contributed by atoms with Crippen molar-refractivity contribution in [3.8, 4) is 6.07 Å². The molecule has 1 aromatic heterocycles. The quantitative estimate of drug-likeness (QED) is 0.675. The molecule has 1 rings (SSSR count). The van der Waals surface area contributed by atoms with Crippen molar-refractivity contribution in [3.63, 3.8) is 0 Å². The number of nitrogens with zero attached hydrogens (tertiary/aromatic N) is 3. The van der Waals surface area contributed by atoms with Crippen molar-refractivity contribution in [1.29, 1.82) is 5.26 Å². The maximum absolute atomic E-state index is 8.28. The lowest BCUT2D eigenvalue weighted by atomic mass is 10.4. The van der Waals surface area contributed by atoms with E-state index < -0.39 is 0 Å². The summed E-state index contributed by atoms with van der Waals surface area (Å²) >= 11 is 3.29. The molecular formula is C6H6BrN3. The molecule has 0 unspecified atom stereocenters. The summed E-state index contributed by atoms with van der Waals surface area (Å²) in [6.45, 7) is 0.326. The van der Waals surface area contributed by atoms with E-state index in [0.717, 1.165) is 10.9 Å². The molecule has 0 aromatic carbocycles. The second-order valence-corrected chi connectivity index (χ2v) is 2.40. The minimum absolute atomic E-state index is 0.326. The Bertz CT molecular complexity index is 248. The van der Waals surface area contributed by atoms with Gasteiger partial charge in [0, 0.05) is 17.1 Å². The van der Waals surface area contributed by atoms with E-state index in [4.69, 9.17) is 5.26 Å². The van der Waals surface area contributed by atoms with Gasteiger partial charge in [0.1, 0.15) is 6.54 Å². The molecule has 0 bridgehead atoms. The van der Waals surface area contributed by atoms with Crippen LogP contribution in [0.4, 0.5) is 0 Å². The Kier molecular flexibility index (Phi) is 2.46. The highest BCUT2D eigenvalue weighted by molar-refractivity contribution is 9.08. The molecule has 52 valence electrons. The van der Waals surface area contributed by atoms with Crippen LogP contribution in [-0.4, -0.2) is 9.78 Å². The summed E-state index contributed by atoms with van der Waals surface area (Å²) in [5.41, 5.74) is 1.09. The Hall–Kier alpha value is -0.820. The number of halogens is 1. The molecule has 1 heterocycles. The summed E-state index contributed by atoms with van der Waals surface area (Å²) < 4.78 is 1.61. The lowest BCUT2D eigenvalue weighted by Crippen LogP contribution is -1.93. The van der Waals surface area contributed by atoms with Crippen LogP contribution in [0.5, 0.6) is 0 Å². The third kappa shape index (κ3) is 1.58. The van der Waals surface area contributed by atoms with Crippen LogP contribution in [-0.2, 0) is 11.9 Å². The van der Waals surface area contributed by atoms with Crippen LogP contribution in [0.3, 0.4) is 0 Å². The molecule has 1 aromatic rings. The van der Waals surface area contributed by atoms with Gasteiger partial charge >= 0.3 is 0 Å². The fourth-order valence-electron chi connectivity index (χ4n) is 0.634. The lowest BCUT2D eigenvalue weighted by Gasteiger charge is -1.87. The first-order chi connectivity index (χ1) is 4.86. The second kappa shape index (κ2) is 3.37. The number of alkyl halides is 1. The summed E-state index contributed by atoms with van der Waals surface area (Å²) in [6, 6.07) is 2.01.